The summed E-state index contributed by atoms with van der Waals surface area (Å²) in [5.41, 5.74) is -0.476. The van der Waals surface area contributed by atoms with E-state index in [0.29, 0.717) is 18.1 Å². The summed E-state index contributed by atoms with van der Waals surface area (Å²) < 4.78 is 27.7. The van der Waals surface area contributed by atoms with Crippen LogP contribution >= 0.6 is 0 Å². The Hall–Kier alpha value is -0.820. The number of rotatable bonds is 6. The minimum atomic E-state index is -2.79. The lowest BCUT2D eigenvalue weighted by Gasteiger charge is -2.19. The second kappa shape index (κ2) is 7.26. The van der Waals surface area contributed by atoms with Crippen molar-refractivity contribution >= 4 is 15.9 Å². The first-order valence-corrected chi connectivity index (χ1v) is 8.88. The number of amides is 1. The summed E-state index contributed by atoms with van der Waals surface area (Å²) >= 11 is 0. The molecule has 1 aliphatic rings. The number of sulfone groups is 1. The number of carbonyl (C=O) groups excluding carboxylic acids is 1. The molecular formula is C13H26N2O4S. The van der Waals surface area contributed by atoms with Gasteiger partial charge in [0, 0.05) is 6.54 Å². The Labute approximate surface area is 121 Å². The largest absolute Gasteiger partial charge is 0.444 e. The molecule has 1 saturated heterocycles. The predicted octanol–water partition coefficient (Wildman–Crippen LogP) is 0.926. The van der Waals surface area contributed by atoms with Crippen LogP contribution in [0.15, 0.2) is 0 Å². The molecule has 118 valence electrons. The molecule has 1 amide bonds. The molecule has 0 aromatic rings. The molecule has 0 bridgehead atoms. The molecular weight excluding hydrogens is 280 g/mol. The molecule has 1 fully saturated rings. The summed E-state index contributed by atoms with van der Waals surface area (Å²) in [6.45, 7) is 7.50. The summed E-state index contributed by atoms with van der Waals surface area (Å²) in [5, 5.41) is 5.91. The van der Waals surface area contributed by atoms with Crippen molar-refractivity contribution in [2.24, 2.45) is 5.92 Å². The Balaban J connectivity index is 1.99. The number of hydrogen-bond donors (Lipinski definition) is 2. The molecule has 1 aliphatic heterocycles. The number of nitrogens with one attached hydrogen (secondary N) is 2. The van der Waals surface area contributed by atoms with Crippen LogP contribution in [0.3, 0.4) is 0 Å². The number of alkyl carbamates (subject to hydrolysis) is 1. The van der Waals surface area contributed by atoms with Gasteiger partial charge in [0.05, 0.1) is 11.5 Å². The van der Waals surface area contributed by atoms with Gasteiger partial charge in [-0.2, -0.15) is 0 Å². The minimum absolute atomic E-state index is 0.235. The maximum absolute atomic E-state index is 11.4. The van der Waals surface area contributed by atoms with Crippen LogP contribution in [0.4, 0.5) is 4.79 Å². The molecule has 6 nitrogen and oxygen atoms in total. The van der Waals surface area contributed by atoms with E-state index in [4.69, 9.17) is 4.74 Å². The third-order valence-electron chi connectivity index (χ3n) is 2.96. The van der Waals surface area contributed by atoms with Crippen molar-refractivity contribution in [3.63, 3.8) is 0 Å². The molecule has 1 unspecified atom stereocenters. The van der Waals surface area contributed by atoms with Crippen molar-refractivity contribution in [1.82, 2.24) is 10.6 Å². The molecule has 0 saturated carbocycles. The van der Waals surface area contributed by atoms with Crippen LogP contribution in [0.2, 0.25) is 0 Å². The van der Waals surface area contributed by atoms with Gasteiger partial charge < -0.3 is 15.4 Å². The third kappa shape index (κ3) is 7.69. The summed E-state index contributed by atoms with van der Waals surface area (Å²) in [6, 6.07) is 0. The van der Waals surface area contributed by atoms with Crippen molar-refractivity contribution in [2.75, 3.05) is 31.1 Å². The fraction of sp³-hybridized carbons (Fsp3) is 0.923. The molecule has 0 radical (unpaired) electrons. The minimum Gasteiger partial charge on any atom is -0.444 e. The smallest absolute Gasteiger partial charge is 0.407 e. The van der Waals surface area contributed by atoms with Gasteiger partial charge in [-0.15, -0.1) is 0 Å². The van der Waals surface area contributed by atoms with Crippen LogP contribution in [0.5, 0.6) is 0 Å². The highest BCUT2D eigenvalue weighted by Crippen LogP contribution is 2.17. The Morgan fingerprint density at radius 3 is 2.55 bits per heavy atom. The van der Waals surface area contributed by atoms with E-state index in [-0.39, 0.29) is 5.92 Å². The fourth-order valence-corrected chi connectivity index (χ4v) is 3.92. The standard InChI is InChI=1S/C13H26N2O4S/c1-13(2,3)19-12(16)15-7-4-6-14-9-11-5-8-20(17,18)10-11/h11,14H,4-10H2,1-3H3,(H,15,16). The second-order valence-corrected chi connectivity index (χ2v) is 8.48. The van der Waals surface area contributed by atoms with E-state index in [1.807, 2.05) is 20.8 Å². The number of hydrogen-bond acceptors (Lipinski definition) is 5. The summed E-state index contributed by atoms with van der Waals surface area (Å²) in [6.07, 6.45) is 1.14. The lowest BCUT2D eigenvalue weighted by Crippen LogP contribution is -2.34. The first-order chi connectivity index (χ1) is 9.18. The summed E-state index contributed by atoms with van der Waals surface area (Å²) in [7, 11) is -2.79. The highest BCUT2D eigenvalue weighted by molar-refractivity contribution is 7.91. The molecule has 0 aliphatic carbocycles. The molecule has 1 atom stereocenters. The quantitative estimate of drug-likeness (QED) is 0.713. The van der Waals surface area contributed by atoms with Gasteiger partial charge in [0.25, 0.3) is 0 Å². The van der Waals surface area contributed by atoms with Crippen LogP contribution in [0.25, 0.3) is 0 Å². The fourth-order valence-electron chi connectivity index (χ4n) is 2.06. The van der Waals surface area contributed by atoms with Crippen LogP contribution in [0, 0.1) is 5.92 Å². The lowest BCUT2D eigenvalue weighted by molar-refractivity contribution is 0.0527. The van der Waals surface area contributed by atoms with E-state index >= 15 is 0 Å². The Kier molecular flexibility index (Phi) is 6.26. The molecule has 1 rings (SSSR count). The van der Waals surface area contributed by atoms with Crippen molar-refractivity contribution < 1.29 is 17.9 Å². The zero-order valence-corrected chi connectivity index (χ0v) is 13.4. The molecule has 20 heavy (non-hydrogen) atoms. The highest BCUT2D eigenvalue weighted by atomic mass is 32.2. The van der Waals surface area contributed by atoms with Gasteiger partial charge in [-0.25, -0.2) is 13.2 Å². The van der Waals surface area contributed by atoms with Crippen molar-refractivity contribution in [1.29, 1.82) is 0 Å². The van der Waals surface area contributed by atoms with Crippen LogP contribution in [-0.4, -0.2) is 51.3 Å². The number of ether oxygens (including phenoxy) is 1. The Morgan fingerprint density at radius 2 is 2.00 bits per heavy atom. The Morgan fingerprint density at radius 1 is 1.30 bits per heavy atom. The molecule has 0 spiro atoms. The monoisotopic (exact) mass is 306 g/mol. The summed E-state index contributed by atoms with van der Waals surface area (Å²) in [4.78, 5) is 11.4. The van der Waals surface area contributed by atoms with Crippen molar-refractivity contribution in [3.8, 4) is 0 Å². The third-order valence-corrected chi connectivity index (χ3v) is 4.80. The number of carbonyl (C=O) groups is 1. The topological polar surface area (TPSA) is 84.5 Å². The molecule has 2 N–H and O–H groups in total. The van der Waals surface area contributed by atoms with Crippen LogP contribution < -0.4 is 10.6 Å². The van der Waals surface area contributed by atoms with Gasteiger partial charge >= 0.3 is 6.09 Å². The van der Waals surface area contributed by atoms with Gasteiger partial charge in [0.2, 0.25) is 0 Å². The van der Waals surface area contributed by atoms with Crippen molar-refractivity contribution in [3.05, 3.63) is 0 Å². The normalized spacial score (nSPS) is 21.6. The Bertz CT molecular complexity index is 415. The maximum atomic E-state index is 11.4. The predicted molar refractivity (Wildman–Crippen MR) is 78.5 cm³/mol. The van der Waals surface area contributed by atoms with Crippen LogP contribution in [0.1, 0.15) is 33.6 Å². The van der Waals surface area contributed by atoms with E-state index in [1.54, 1.807) is 0 Å². The van der Waals surface area contributed by atoms with E-state index in [0.717, 1.165) is 25.9 Å². The van der Waals surface area contributed by atoms with E-state index in [9.17, 15) is 13.2 Å². The second-order valence-electron chi connectivity index (χ2n) is 6.26. The molecule has 7 heteroatoms. The van der Waals surface area contributed by atoms with Gasteiger partial charge in [0.15, 0.2) is 9.84 Å². The lowest BCUT2D eigenvalue weighted by atomic mass is 10.1. The maximum Gasteiger partial charge on any atom is 0.407 e. The van der Waals surface area contributed by atoms with E-state index in [2.05, 4.69) is 10.6 Å². The van der Waals surface area contributed by atoms with E-state index < -0.39 is 21.5 Å². The van der Waals surface area contributed by atoms with Gasteiger partial charge in [-0.1, -0.05) is 0 Å². The molecule has 0 aromatic heterocycles. The zero-order valence-electron chi connectivity index (χ0n) is 12.6. The average Bonchev–Trinajstić information content (AvgIpc) is 2.61. The highest BCUT2D eigenvalue weighted by Gasteiger charge is 2.27. The van der Waals surface area contributed by atoms with E-state index in [1.165, 1.54) is 0 Å². The first kappa shape index (κ1) is 17.2. The average molecular weight is 306 g/mol. The van der Waals surface area contributed by atoms with Crippen molar-refractivity contribution in [2.45, 2.75) is 39.2 Å². The first-order valence-electron chi connectivity index (χ1n) is 7.06. The summed E-state index contributed by atoms with van der Waals surface area (Å²) in [5.74, 6) is 0.856. The van der Waals surface area contributed by atoms with Gasteiger partial charge in [-0.05, 0) is 52.6 Å². The SMILES string of the molecule is CC(C)(C)OC(=O)NCCCNCC1CCS(=O)(=O)C1. The molecule has 1 heterocycles. The molecule has 0 aromatic carbocycles. The van der Waals surface area contributed by atoms with Gasteiger partial charge in [0.1, 0.15) is 5.60 Å². The zero-order chi connectivity index (χ0) is 15.2. The van der Waals surface area contributed by atoms with Gasteiger partial charge in [-0.3, -0.25) is 0 Å². The van der Waals surface area contributed by atoms with Crippen LogP contribution in [-0.2, 0) is 14.6 Å².